The van der Waals surface area contributed by atoms with Crippen LogP contribution in [0.25, 0.3) is 0 Å². The van der Waals surface area contributed by atoms with E-state index in [0.717, 1.165) is 11.3 Å². The fraction of sp³-hybridized carbons (Fsp3) is 0.500. The van der Waals surface area contributed by atoms with Crippen molar-refractivity contribution >= 4 is 11.7 Å². The number of methoxy groups -OCH3 is 1. The van der Waals surface area contributed by atoms with E-state index in [2.05, 4.69) is 9.72 Å². The Hall–Kier alpha value is -1.58. The number of esters is 1. The monoisotopic (exact) mass is 222 g/mol. The van der Waals surface area contributed by atoms with Crippen LogP contribution in [0.2, 0.25) is 0 Å². The van der Waals surface area contributed by atoms with Crippen molar-refractivity contribution in [2.75, 3.05) is 12.8 Å². The van der Waals surface area contributed by atoms with Crippen molar-refractivity contribution in [2.24, 2.45) is 0 Å². The highest BCUT2D eigenvalue weighted by Crippen LogP contribution is 2.23. The van der Waals surface area contributed by atoms with Crippen LogP contribution in [0.4, 0.5) is 5.69 Å². The van der Waals surface area contributed by atoms with E-state index in [1.807, 2.05) is 19.9 Å². The number of aryl methyl sites for hydroxylation is 1. The summed E-state index contributed by atoms with van der Waals surface area (Å²) in [5.74, 6) is 0.0698. The molecular weight excluding hydrogens is 204 g/mol. The van der Waals surface area contributed by atoms with E-state index in [1.54, 1.807) is 6.20 Å². The first kappa shape index (κ1) is 12.5. The van der Waals surface area contributed by atoms with Crippen LogP contribution in [0.3, 0.4) is 0 Å². The molecule has 16 heavy (non-hydrogen) atoms. The predicted octanol–water partition coefficient (Wildman–Crippen LogP) is 1.89. The number of aromatic nitrogens is 1. The molecule has 0 fully saturated rings. The zero-order valence-electron chi connectivity index (χ0n) is 9.99. The van der Waals surface area contributed by atoms with Crippen LogP contribution in [0.1, 0.15) is 37.4 Å². The number of rotatable bonds is 4. The van der Waals surface area contributed by atoms with Gasteiger partial charge in [0.25, 0.3) is 0 Å². The Morgan fingerprint density at radius 3 is 2.81 bits per heavy atom. The molecule has 0 aliphatic rings. The molecule has 4 nitrogen and oxygen atoms in total. The lowest BCUT2D eigenvalue weighted by Gasteiger charge is -2.11. The summed E-state index contributed by atoms with van der Waals surface area (Å²) in [6.45, 7) is 4.09. The molecule has 1 heterocycles. The number of nitrogens with two attached hydrogens (primary N) is 1. The molecule has 0 saturated heterocycles. The smallest absolute Gasteiger partial charge is 0.305 e. The van der Waals surface area contributed by atoms with Gasteiger partial charge in [0.1, 0.15) is 0 Å². The van der Waals surface area contributed by atoms with Gasteiger partial charge in [0, 0.05) is 12.6 Å². The van der Waals surface area contributed by atoms with Crippen molar-refractivity contribution in [3.63, 3.8) is 0 Å². The number of anilines is 1. The summed E-state index contributed by atoms with van der Waals surface area (Å²) in [5.41, 5.74) is 8.55. The van der Waals surface area contributed by atoms with Gasteiger partial charge < -0.3 is 10.5 Å². The van der Waals surface area contributed by atoms with Gasteiger partial charge in [0.15, 0.2) is 0 Å². The molecule has 0 aliphatic heterocycles. The molecule has 0 saturated carbocycles. The molecule has 0 amide bonds. The number of pyridine rings is 1. The van der Waals surface area contributed by atoms with E-state index in [9.17, 15) is 4.79 Å². The van der Waals surface area contributed by atoms with Crippen LogP contribution in [-0.4, -0.2) is 18.1 Å². The lowest BCUT2D eigenvalue weighted by molar-refractivity contribution is -0.140. The lowest BCUT2D eigenvalue weighted by atomic mass is 10.0. The Balaban J connectivity index is 2.81. The molecule has 88 valence electrons. The summed E-state index contributed by atoms with van der Waals surface area (Å²) < 4.78 is 4.59. The summed E-state index contributed by atoms with van der Waals surface area (Å²) >= 11 is 0. The molecule has 2 N–H and O–H groups in total. The fourth-order valence-corrected chi connectivity index (χ4v) is 1.55. The topological polar surface area (TPSA) is 65.2 Å². The third kappa shape index (κ3) is 2.95. The second-order valence-electron chi connectivity index (χ2n) is 4.00. The van der Waals surface area contributed by atoms with E-state index in [4.69, 9.17) is 5.73 Å². The van der Waals surface area contributed by atoms with E-state index < -0.39 is 0 Å². The second-order valence-corrected chi connectivity index (χ2v) is 4.00. The van der Waals surface area contributed by atoms with Crippen LogP contribution in [-0.2, 0) is 16.0 Å². The maximum absolute atomic E-state index is 11.0. The van der Waals surface area contributed by atoms with Gasteiger partial charge in [0.05, 0.1) is 18.5 Å². The quantitative estimate of drug-likeness (QED) is 0.790. The van der Waals surface area contributed by atoms with E-state index in [-0.39, 0.29) is 11.9 Å². The number of hydrogen-bond acceptors (Lipinski definition) is 4. The molecule has 0 aliphatic carbocycles. The first-order valence-electron chi connectivity index (χ1n) is 5.36. The van der Waals surface area contributed by atoms with Gasteiger partial charge in [-0.3, -0.25) is 9.78 Å². The Morgan fingerprint density at radius 1 is 1.56 bits per heavy atom. The summed E-state index contributed by atoms with van der Waals surface area (Å²) in [6, 6.07) is 1.85. The van der Waals surface area contributed by atoms with E-state index in [1.165, 1.54) is 7.11 Å². The standard InChI is InChI=1S/C12H18N2O2/c1-8(2)12-11(13)9(6-7-14-12)4-5-10(15)16-3/h6-8H,4-5,13H2,1-3H3. The molecular formula is C12H18N2O2. The maximum Gasteiger partial charge on any atom is 0.305 e. The van der Waals surface area contributed by atoms with Crippen LogP contribution in [0.5, 0.6) is 0 Å². The van der Waals surface area contributed by atoms with Crippen molar-refractivity contribution in [1.29, 1.82) is 0 Å². The van der Waals surface area contributed by atoms with Crippen LogP contribution in [0, 0.1) is 0 Å². The first-order chi connectivity index (χ1) is 7.56. The zero-order valence-corrected chi connectivity index (χ0v) is 9.99. The predicted molar refractivity (Wildman–Crippen MR) is 63.1 cm³/mol. The highest BCUT2D eigenvalue weighted by molar-refractivity contribution is 5.70. The van der Waals surface area contributed by atoms with Crippen LogP contribution < -0.4 is 5.73 Å². The normalized spacial score (nSPS) is 10.5. The Morgan fingerprint density at radius 2 is 2.25 bits per heavy atom. The van der Waals surface area contributed by atoms with Crippen molar-refractivity contribution in [3.8, 4) is 0 Å². The Kier molecular flexibility index (Phi) is 4.28. The molecule has 0 bridgehead atoms. The minimum atomic E-state index is -0.220. The highest BCUT2D eigenvalue weighted by Gasteiger charge is 2.10. The maximum atomic E-state index is 11.0. The molecule has 0 aromatic carbocycles. The molecule has 0 unspecified atom stereocenters. The van der Waals surface area contributed by atoms with Gasteiger partial charge in [-0.1, -0.05) is 13.8 Å². The molecule has 1 aromatic rings. The van der Waals surface area contributed by atoms with Gasteiger partial charge in [-0.15, -0.1) is 0 Å². The zero-order chi connectivity index (χ0) is 12.1. The lowest BCUT2D eigenvalue weighted by Crippen LogP contribution is -2.07. The van der Waals surface area contributed by atoms with Gasteiger partial charge in [-0.25, -0.2) is 0 Å². The van der Waals surface area contributed by atoms with Gasteiger partial charge in [-0.2, -0.15) is 0 Å². The number of nitrogens with zero attached hydrogens (tertiary/aromatic N) is 1. The first-order valence-corrected chi connectivity index (χ1v) is 5.36. The minimum absolute atomic E-state index is 0.220. The van der Waals surface area contributed by atoms with Crippen molar-refractivity contribution in [3.05, 3.63) is 23.5 Å². The summed E-state index contributed by atoms with van der Waals surface area (Å²) in [6.07, 6.45) is 2.68. The highest BCUT2D eigenvalue weighted by atomic mass is 16.5. The number of ether oxygens (including phenoxy) is 1. The van der Waals surface area contributed by atoms with E-state index >= 15 is 0 Å². The Bertz CT molecular complexity index is 375. The van der Waals surface area contributed by atoms with Crippen molar-refractivity contribution < 1.29 is 9.53 Å². The van der Waals surface area contributed by atoms with Gasteiger partial charge >= 0.3 is 5.97 Å². The van der Waals surface area contributed by atoms with Crippen molar-refractivity contribution in [1.82, 2.24) is 4.98 Å². The van der Waals surface area contributed by atoms with Crippen LogP contribution in [0.15, 0.2) is 12.3 Å². The second kappa shape index (κ2) is 5.49. The number of hydrogen-bond donors (Lipinski definition) is 1. The SMILES string of the molecule is COC(=O)CCc1ccnc(C(C)C)c1N. The van der Waals surface area contributed by atoms with Gasteiger partial charge in [0.2, 0.25) is 0 Å². The van der Waals surface area contributed by atoms with Crippen LogP contribution >= 0.6 is 0 Å². The molecule has 0 atom stereocenters. The molecule has 0 spiro atoms. The average Bonchev–Trinajstić information content (AvgIpc) is 2.26. The minimum Gasteiger partial charge on any atom is -0.469 e. The number of nitrogen functional groups attached to an aromatic ring is 1. The number of carbonyl (C=O) groups is 1. The summed E-state index contributed by atoms with van der Waals surface area (Å²) in [7, 11) is 1.39. The fourth-order valence-electron chi connectivity index (χ4n) is 1.55. The van der Waals surface area contributed by atoms with Gasteiger partial charge in [-0.05, 0) is 24.0 Å². The van der Waals surface area contributed by atoms with E-state index in [0.29, 0.717) is 18.5 Å². The average molecular weight is 222 g/mol. The molecule has 1 rings (SSSR count). The third-order valence-electron chi connectivity index (χ3n) is 2.48. The third-order valence-corrected chi connectivity index (χ3v) is 2.48. The molecule has 0 radical (unpaired) electrons. The summed E-state index contributed by atoms with van der Waals surface area (Å²) in [5, 5.41) is 0. The number of carbonyl (C=O) groups excluding carboxylic acids is 1. The Labute approximate surface area is 95.8 Å². The molecule has 4 heteroatoms. The summed E-state index contributed by atoms with van der Waals surface area (Å²) in [4.78, 5) is 15.3. The largest absolute Gasteiger partial charge is 0.469 e. The van der Waals surface area contributed by atoms with Crippen molar-refractivity contribution in [2.45, 2.75) is 32.6 Å². The molecule has 1 aromatic heterocycles.